The SMILES string of the molecule is CCN1CCN(C(=N)C2CC2)CC1. The monoisotopic (exact) mass is 181 g/mol. The van der Waals surface area contributed by atoms with Gasteiger partial charge in [-0.15, -0.1) is 0 Å². The highest BCUT2D eigenvalue weighted by atomic mass is 15.3. The fourth-order valence-electron chi connectivity index (χ4n) is 1.92. The van der Waals surface area contributed by atoms with Gasteiger partial charge in [-0.3, -0.25) is 5.41 Å². The highest BCUT2D eigenvalue weighted by Gasteiger charge is 2.31. The van der Waals surface area contributed by atoms with Crippen molar-refractivity contribution in [2.75, 3.05) is 32.7 Å². The standard InChI is InChI=1S/C10H19N3/c1-2-12-5-7-13(8-6-12)10(11)9-3-4-9/h9,11H,2-8H2,1H3. The normalized spacial score (nSPS) is 24.8. The second-order valence-corrected chi connectivity index (χ2v) is 4.08. The summed E-state index contributed by atoms with van der Waals surface area (Å²) in [6, 6.07) is 0. The fourth-order valence-corrected chi connectivity index (χ4v) is 1.92. The highest BCUT2D eigenvalue weighted by molar-refractivity contribution is 5.83. The van der Waals surface area contributed by atoms with Gasteiger partial charge in [0.2, 0.25) is 0 Å². The lowest BCUT2D eigenvalue weighted by Crippen LogP contribution is -2.48. The molecule has 13 heavy (non-hydrogen) atoms. The Morgan fingerprint density at radius 2 is 1.85 bits per heavy atom. The first kappa shape index (κ1) is 9.00. The summed E-state index contributed by atoms with van der Waals surface area (Å²) >= 11 is 0. The molecule has 0 atom stereocenters. The van der Waals surface area contributed by atoms with Crippen molar-refractivity contribution in [2.45, 2.75) is 19.8 Å². The Kier molecular flexibility index (Phi) is 2.54. The van der Waals surface area contributed by atoms with Gasteiger partial charge in [0.25, 0.3) is 0 Å². The van der Waals surface area contributed by atoms with E-state index in [0.29, 0.717) is 5.92 Å². The Labute approximate surface area is 80.2 Å². The molecule has 1 saturated heterocycles. The predicted molar refractivity (Wildman–Crippen MR) is 54.1 cm³/mol. The maximum Gasteiger partial charge on any atom is 0.0990 e. The summed E-state index contributed by atoms with van der Waals surface area (Å²) in [5.41, 5.74) is 0. The third-order valence-corrected chi connectivity index (χ3v) is 3.12. The van der Waals surface area contributed by atoms with Gasteiger partial charge in [-0.05, 0) is 19.4 Å². The Hall–Kier alpha value is -0.570. The molecule has 0 spiro atoms. The number of likely N-dealkylation sites (N-methyl/N-ethyl adjacent to an activating group) is 1. The van der Waals surface area contributed by atoms with E-state index < -0.39 is 0 Å². The molecule has 0 radical (unpaired) electrons. The van der Waals surface area contributed by atoms with Crippen molar-refractivity contribution in [1.29, 1.82) is 5.41 Å². The number of nitrogens with zero attached hydrogens (tertiary/aromatic N) is 2. The van der Waals surface area contributed by atoms with Crippen molar-refractivity contribution in [3.63, 3.8) is 0 Å². The van der Waals surface area contributed by atoms with Crippen LogP contribution in [0.5, 0.6) is 0 Å². The van der Waals surface area contributed by atoms with Crippen LogP contribution in [0.15, 0.2) is 0 Å². The van der Waals surface area contributed by atoms with Crippen LogP contribution in [0.1, 0.15) is 19.8 Å². The van der Waals surface area contributed by atoms with E-state index in [1.54, 1.807) is 0 Å². The van der Waals surface area contributed by atoms with Crippen molar-refractivity contribution in [3.05, 3.63) is 0 Å². The van der Waals surface area contributed by atoms with Crippen molar-refractivity contribution >= 4 is 5.84 Å². The molecule has 1 aliphatic carbocycles. The molecule has 1 aliphatic heterocycles. The quantitative estimate of drug-likeness (QED) is 0.509. The minimum absolute atomic E-state index is 0.619. The van der Waals surface area contributed by atoms with Crippen LogP contribution in [0.3, 0.4) is 0 Å². The zero-order valence-electron chi connectivity index (χ0n) is 8.42. The minimum atomic E-state index is 0.619. The molecular weight excluding hydrogens is 162 g/mol. The van der Waals surface area contributed by atoms with E-state index in [0.717, 1.165) is 38.6 Å². The Morgan fingerprint density at radius 1 is 1.23 bits per heavy atom. The molecule has 1 saturated carbocycles. The van der Waals surface area contributed by atoms with Crippen LogP contribution in [0.25, 0.3) is 0 Å². The van der Waals surface area contributed by atoms with Crippen molar-refractivity contribution in [1.82, 2.24) is 9.80 Å². The van der Waals surface area contributed by atoms with E-state index in [2.05, 4.69) is 16.7 Å². The Morgan fingerprint density at radius 3 is 2.31 bits per heavy atom. The Bertz CT molecular complexity index is 190. The van der Waals surface area contributed by atoms with Crippen molar-refractivity contribution < 1.29 is 0 Å². The molecule has 0 aromatic carbocycles. The first-order valence-electron chi connectivity index (χ1n) is 5.37. The van der Waals surface area contributed by atoms with Crippen LogP contribution in [0.2, 0.25) is 0 Å². The zero-order chi connectivity index (χ0) is 9.26. The second-order valence-electron chi connectivity index (χ2n) is 4.08. The van der Waals surface area contributed by atoms with Gasteiger partial charge in [-0.2, -0.15) is 0 Å². The van der Waals surface area contributed by atoms with Crippen molar-refractivity contribution in [2.24, 2.45) is 5.92 Å². The van der Waals surface area contributed by atoms with Crippen molar-refractivity contribution in [3.8, 4) is 0 Å². The van der Waals surface area contributed by atoms with Gasteiger partial charge in [-0.25, -0.2) is 0 Å². The number of piperazine rings is 1. The predicted octanol–water partition coefficient (Wildman–Crippen LogP) is 1.01. The van der Waals surface area contributed by atoms with Gasteiger partial charge in [0.1, 0.15) is 0 Å². The van der Waals surface area contributed by atoms with E-state index >= 15 is 0 Å². The summed E-state index contributed by atoms with van der Waals surface area (Å²) < 4.78 is 0. The molecule has 1 N–H and O–H groups in total. The van der Waals surface area contributed by atoms with E-state index in [1.807, 2.05) is 0 Å². The van der Waals surface area contributed by atoms with E-state index in [-0.39, 0.29) is 0 Å². The number of hydrogen-bond donors (Lipinski definition) is 1. The second kappa shape index (κ2) is 3.66. The molecule has 3 heteroatoms. The molecule has 2 rings (SSSR count). The van der Waals surface area contributed by atoms with Gasteiger partial charge in [0.15, 0.2) is 0 Å². The summed E-state index contributed by atoms with van der Waals surface area (Å²) in [7, 11) is 0. The lowest BCUT2D eigenvalue weighted by molar-refractivity contribution is 0.187. The molecule has 74 valence electrons. The van der Waals surface area contributed by atoms with E-state index in [9.17, 15) is 0 Å². The number of hydrogen-bond acceptors (Lipinski definition) is 2. The average molecular weight is 181 g/mol. The summed E-state index contributed by atoms with van der Waals surface area (Å²) in [6.45, 7) is 7.80. The van der Waals surface area contributed by atoms with Crippen LogP contribution >= 0.6 is 0 Å². The van der Waals surface area contributed by atoms with Crippen LogP contribution < -0.4 is 0 Å². The van der Waals surface area contributed by atoms with Gasteiger partial charge in [0.05, 0.1) is 5.84 Å². The first-order chi connectivity index (χ1) is 6.31. The zero-order valence-corrected chi connectivity index (χ0v) is 8.42. The topological polar surface area (TPSA) is 30.3 Å². The molecule has 0 amide bonds. The molecule has 2 fully saturated rings. The summed E-state index contributed by atoms with van der Waals surface area (Å²) in [5, 5.41) is 7.93. The molecule has 0 aromatic rings. The largest absolute Gasteiger partial charge is 0.358 e. The first-order valence-corrected chi connectivity index (χ1v) is 5.37. The third kappa shape index (κ3) is 2.02. The summed E-state index contributed by atoms with van der Waals surface area (Å²) in [6.07, 6.45) is 2.51. The lowest BCUT2D eigenvalue weighted by Gasteiger charge is -2.35. The van der Waals surface area contributed by atoms with Crippen LogP contribution in [0.4, 0.5) is 0 Å². The lowest BCUT2D eigenvalue weighted by atomic mass is 10.2. The van der Waals surface area contributed by atoms with Gasteiger partial charge in [0, 0.05) is 32.1 Å². The van der Waals surface area contributed by atoms with E-state index in [4.69, 9.17) is 5.41 Å². The number of nitrogens with one attached hydrogen (secondary N) is 1. The molecule has 0 aromatic heterocycles. The van der Waals surface area contributed by atoms with Crippen LogP contribution in [0, 0.1) is 11.3 Å². The maximum atomic E-state index is 7.93. The minimum Gasteiger partial charge on any atom is -0.358 e. The summed E-state index contributed by atoms with van der Waals surface area (Å²) in [5.74, 6) is 1.53. The number of amidine groups is 1. The van der Waals surface area contributed by atoms with Gasteiger partial charge < -0.3 is 9.80 Å². The molecular formula is C10H19N3. The molecule has 1 heterocycles. The maximum absolute atomic E-state index is 7.93. The molecule has 0 bridgehead atoms. The smallest absolute Gasteiger partial charge is 0.0990 e. The third-order valence-electron chi connectivity index (χ3n) is 3.12. The highest BCUT2D eigenvalue weighted by Crippen LogP contribution is 2.31. The molecule has 0 unspecified atom stereocenters. The fraction of sp³-hybridized carbons (Fsp3) is 0.900. The average Bonchev–Trinajstić information content (AvgIpc) is 3.00. The molecule has 2 aliphatic rings. The van der Waals surface area contributed by atoms with Gasteiger partial charge >= 0.3 is 0 Å². The number of rotatable bonds is 2. The summed E-state index contributed by atoms with van der Waals surface area (Å²) in [4.78, 5) is 4.72. The van der Waals surface area contributed by atoms with E-state index in [1.165, 1.54) is 12.8 Å². The van der Waals surface area contributed by atoms with Crippen LogP contribution in [-0.2, 0) is 0 Å². The molecule has 3 nitrogen and oxygen atoms in total. The Balaban J connectivity index is 1.79. The van der Waals surface area contributed by atoms with Crippen LogP contribution in [-0.4, -0.2) is 48.4 Å². The van der Waals surface area contributed by atoms with Gasteiger partial charge in [-0.1, -0.05) is 6.92 Å².